The molecule has 7 nitrogen and oxygen atoms in total. The molecule has 0 spiro atoms. The average molecular weight is 524 g/mol. The molecule has 0 bridgehead atoms. The molecule has 0 unspecified atom stereocenters. The van der Waals surface area contributed by atoms with Gasteiger partial charge in [-0.05, 0) is 95.3 Å². The average Bonchev–Trinajstić information content (AvgIpc) is 2.97. The van der Waals surface area contributed by atoms with Crippen molar-refractivity contribution in [3.8, 4) is 5.75 Å². The van der Waals surface area contributed by atoms with Crippen LogP contribution in [0, 0.1) is 0 Å². The molecule has 0 atom stereocenters. The number of carbonyl (C=O) groups excluding carboxylic acids is 1. The molecule has 2 aliphatic rings. The highest BCUT2D eigenvalue weighted by atomic mass is 16.5. The number of amides is 1. The molecule has 0 radical (unpaired) electrons. The topological polar surface area (TPSA) is 82.1 Å². The monoisotopic (exact) mass is 523 g/mol. The summed E-state index contributed by atoms with van der Waals surface area (Å²) in [5.74, 6) is -0.291. The van der Waals surface area contributed by atoms with E-state index < -0.39 is 5.97 Å². The first kappa shape index (κ1) is 26.3. The Morgan fingerprint density at radius 3 is 2.33 bits per heavy atom. The summed E-state index contributed by atoms with van der Waals surface area (Å²) in [4.78, 5) is 27.8. The van der Waals surface area contributed by atoms with E-state index in [4.69, 9.17) is 4.74 Å². The van der Waals surface area contributed by atoms with Gasteiger partial charge in [0.2, 0.25) is 5.91 Å². The molecule has 1 aliphatic carbocycles. The number of carboxylic acids is 1. The molecule has 3 aromatic rings. The minimum absolute atomic E-state index is 0.214. The van der Waals surface area contributed by atoms with Crippen molar-refractivity contribution in [1.29, 1.82) is 0 Å². The number of carbonyl (C=O) groups is 2. The molecular formula is C32H33N3O4. The fourth-order valence-electron chi connectivity index (χ4n) is 5.44. The summed E-state index contributed by atoms with van der Waals surface area (Å²) in [5, 5.41) is 12.1. The molecule has 39 heavy (non-hydrogen) atoms. The van der Waals surface area contributed by atoms with Crippen LogP contribution in [0.2, 0.25) is 0 Å². The molecule has 7 heteroatoms. The molecule has 0 aromatic heterocycles. The van der Waals surface area contributed by atoms with Crippen LogP contribution in [-0.4, -0.2) is 61.7 Å². The van der Waals surface area contributed by atoms with Gasteiger partial charge in [-0.3, -0.25) is 9.69 Å². The molecule has 3 aromatic carbocycles. The zero-order valence-electron chi connectivity index (χ0n) is 22.2. The zero-order chi connectivity index (χ0) is 27.4. The predicted octanol–water partition coefficient (Wildman–Crippen LogP) is 5.09. The van der Waals surface area contributed by atoms with Crippen LogP contribution in [0.25, 0.3) is 5.57 Å². The summed E-state index contributed by atoms with van der Waals surface area (Å²) in [5.41, 5.74) is 8.40. The van der Waals surface area contributed by atoms with Crippen LogP contribution in [0.15, 0.2) is 85.0 Å². The van der Waals surface area contributed by atoms with Gasteiger partial charge in [0.25, 0.3) is 0 Å². The first-order chi connectivity index (χ1) is 18.9. The maximum atomic E-state index is 11.8. The van der Waals surface area contributed by atoms with Gasteiger partial charge in [0.15, 0.2) is 0 Å². The third kappa shape index (κ3) is 5.89. The Balaban J connectivity index is 1.38. The highest BCUT2D eigenvalue weighted by molar-refractivity contribution is 5.99. The maximum absolute atomic E-state index is 11.8. The van der Waals surface area contributed by atoms with E-state index in [1.807, 2.05) is 30.3 Å². The number of aromatic carboxylic acids is 1. The molecule has 1 aliphatic heterocycles. The van der Waals surface area contributed by atoms with E-state index in [9.17, 15) is 14.7 Å². The van der Waals surface area contributed by atoms with Crippen LogP contribution in [0.1, 0.15) is 33.5 Å². The normalized spacial score (nSPS) is 15.5. The highest BCUT2D eigenvalue weighted by Gasteiger charge is 2.25. The number of hydrogen-bond acceptors (Lipinski definition) is 5. The van der Waals surface area contributed by atoms with Crippen molar-refractivity contribution in [2.75, 3.05) is 50.1 Å². The molecule has 0 saturated carbocycles. The first-order valence-electron chi connectivity index (χ1n) is 13.2. The van der Waals surface area contributed by atoms with Crippen LogP contribution in [0.4, 0.5) is 11.4 Å². The van der Waals surface area contributed by atoms with E-state index in [0.717, 1.165) is 68.3 Å². The second kappa shape index (κ2) is 11.6. The lowest BCUT2D eigenvalue weighted by Gasteiger charge is -2.37. The fourth-order valence-corrected chi connectivity index (χ4v) is 5.44. The fraction of sp³-hybridized carbons (Fsp3) is 0.250. The van der Waals surface area contributed by atoms with Gasteiger partial charge >= 0.3 is 5.97 Å². The Bertz CT molecular complexity index is 1400. The minimum Gasteiger partial charge on any atom is -0.497 e. The predicted molar refractivity (Wildman–Crippen MR) is 155 cm³/mol. The third-order valence-corrected chi connectivity index (χ3v) is 7.52. The maximum Gasteiger partial charge on any atom is 0.335 e. The number of rotatable bonds is 8. The number of methoxy groups -OCH3 is 1. The Labute approximate surface area is 229 Å². The number of fused-ring (bicyclic) bond motifs is 1. The molecule has 200 valence electrons. The number of carboxylic acid groups (broad SMARTS) is 1. The number of ether oxygens (including phenoxy) is 1. The summed E-state index contributed by atoms with van der Waals surface area (Å²) in [6.07, 6.45) is 3.15. The summed E-state index contributed by atoms with van der Waals surface area (Å²) in [6.45, 7) is 8.08. The van der Waals surface area contributed by atoms with Crippen LogP contribution in [0.3, 0.4) is 0 Å². The second-order valence-electron chi connectivity index (χ2n) is 9.89. The summed E-state index contributed by atoms with van der Waals surface area (Å²) < 4.78 is 5.40. The van der Waals surface area contributed by atoms with Crippen molar-refractivity contribution in [2.24, 2.45) is 0 Å². The lowest BCUT2D eigenvalue weighted by Crippen LogP contribution is -2.47. The van der Waals surface area contributed by atoms with E-state index in [2.05, 4.69) is 46.0 Å². The lowest BCUT2D eigenvalue weighted by molar-refractivity contribution is -0.111. The Kier molecular flexibility index (Phi) is 7.79. The van der Waals surface area contributed by atoms with Gasteiger partial charge in [-0.15, -0.1) is 0 Å². The van der Waals surface area contributed by atoms with Crippen LogP contribution in [0.5, 0.6) is 5.75 Å². The van der Waals surface area contributed by atoms with Crippen LogP contribution >= 0.6 is 0 Å². The number of piperazine rings is 1. The Morgan fingerprint density at radius 1 is 0.974 bits per heavy atom. The Morgan fingerprint density at radius 2 is 1.69 bits per heavy atom. The van der Waals surface area contributed by atoms with E-state index >= 15 is 0 Å². The standard InChI is InChI=1S/C32H33N3O4/c1-3-30(36)33-26-10-15-29-24(20-26)4-5-25(31(29)22-8-13-28(39-2)14-9-22)21-34-16-18-35(19-17-34)27-11-6-23(7-12-27)32(37)38/h3,6-15,20H,1,4-5,16-19,21H2,2H3,(H,33,36)(H,37,38). The summed E-state index contributed by atoms with van der Waals surface area (Å²) in [7, 11) is 1.68. The SMILES string of the molecule is C=CC(=O)Nc1ccc2c(c1)CCC(CN1CCN(c3ccc(C(=O)O)cc3)CC1)=C2c1ccc(OC)cc1. The molecule has 1 heterocycles. The number of nitrogens with zero attached hydrogens (tertiary/aromatic N) is 2. The van der Waals surface area contributed by atoms with Gasteiger partial charge in [-0.1, -0.05) is 24.8 Å². The van der Waals surface area contributed by atoms with Crippen molar-refractivity contribution in [3.05, 3.63) is 107 Å². The Hall–Kier alpha value is -4.36. The quantitative estimate of drug-likeness (QED) is 0.401. The zero-order valence-corrected chi connectivity index (χ0v) is 22.2. The van der Waals surface area contributed by atoms with E-state index in [1.54, 1.807) is 19.2 Å². The van der Waals surface area contributed by atoms with Crippen molar-refractivity contribution >= 4 is 28.8 Å². The molecule has 2 N–H and O–H groups in total. The molecule has 1 fully saturated rings. The van der Waals surface area contributed by atoms with Crippen molar-refractivity contribution in [1.82, 2.24) is 4.90 Å². The van der Waals surface area contributed by atoms with Crippen molar-refractivity contribution in [2.45, 2.75) is 12.8 Å². The third-order valence-electron chi connectivity index (χ3n) is 7.52. The minimum atomic E-state index is -0.904. The highest BCUT2D eigenvalue weighted by Crippen LogP contribution is 2.38. The van der Waals surface area contributed by atoms with Crippen LogP contribution in [-0.2, 0) is 11.2 Å². The van der Waals surface area contributed by atoms with Gasteiger partial charge < -0.3 is 20.1 Å². The number of aryl methyl sites for hydroxylation is 1. The summed E-state index contributed by atoms with van der Waals surface area (Å²) >= 11 is 0. The van der Waals surface area contributed by atoms with Crippen molar-refractivity contribution in [3.63, 3.8) is 0 Å². The second-order valence-corrected chi connectivity index (χ2v) is 9.89. The smallest absolute Gasteiger partial charge is 0.335 e. The van der Waals surface area contributed by atoms with Gasteiger partial charge in [0, 0.05) is 44.1 Å². The number of nitrogens with one attached hydrogen (secondary N) is 1. The molecular weight excluding hydrogens is 490 g/mol. The molecule has 1 saturated heterocycles. The number of benzene rings is 3. The summed E-state index contributed by atoms with van der Waals surface area (Å²) in [6, 6.07) is 21.5. The van der Waals surface area contributed by atoms with Gasteiger partial charge in [-0.2, -0.15) is 0 Å². The largest absolute Gasteiger partial charge is 0.497 e. The lowest BCUT2D eigenvalue weighted by atomic mass is 9.81. The van der Waals surface area contributed by atoms with Crippen molar-refractivity contribution < 1.29 is 19.4 Å². The van der Waals surface area contributed by atoms with E-state index in [1.165, 1.54) is 28.3 Å². The van der Waals surface area contributed by atoms with Gasteiger partial charge in [0.1, 0.15) is 5.75 Å². The molecule has 5 rings (SSSR count). The number of anilines is 2. The van der Waals surface area contributed by atoms with E-state index in [-0.39, 0.29) is 5.91 Å². The first-order valence-corrected chi connectivity index (χ1v) is 13.2. The van der Waals surface area contributed by atoms with E-state index in [0.29, 0.717) is 5.56 Å². The van der Waals surface area contributed by atoms with Gasteiger partial charge in [-0.25, -0.2) is 4.79 Å². The number of hydrogen-bond donors (Lipinski definition) is 2. The molecule has 1 amide bonds. The van der Waals surface area contributed by atoms with Gasteiger partial charge in [0.05, 0.1) is 12.7 Å². The van der Waals surface area contributed by atoms with Crippen LogP contribution < -0.4 is 15.0 Å².